The standard InChI is InChI=1S/C20H21BrN2O3S/c1-15-2-4-16(5-3-15)14-22-20(24)17-10-12-23(13-11-17)27(25,26)19-8-6-18(21)7-9-19/h2-10H,11-14H2,1H3,(H,22,24). The highest BCUT2D eigenvalue weighted by atomic mass is 79.9. The van der Waals surface area contributed by atoms with Crippen LogP contribution in [-0.4, -0.2) is 31.7 Å². The Morgan fingerprint density at radius 3 is 2.37 bits per heavy atom. The summed E-state index contributed by atoms with van der Waals surface area (Å²) in [5.41, 5.74) is 2.83. The first-order chi connectivity index (χ1) is 12.9. The van der Waals surface area contributed by atoms with Gasteiger partial charge in [-0.1, -0.05) is 51.8 Å². The molecular weight excluding hydrogens is 428 g/mol. The van der Waals surface area contributed by atoms with Crippen LogP contribution in [0, 0.1) is 6.92 Å². The summed E-state index contributed by atoms with van der Waals surface area (Å²) in [6.07, 6.45) is 2.10. The summed E-state index contributed by atoms with van der Waals surface area (Å²) in [5, 5.41) is 2.90. The molecule has 7 heteroatoms. The number of sulfonamides is 1. The number of halogens is 1. The van der Waals surface area contributed by atoms with Gasteiger partial charge in [-0.05, 0) is 43.2 Å². The van der Waals surface area contributed by atoms with Crippen molar-refractivity contribution in [3.05, 3.63) is 75.8 Å². The Balaban J connectivity index is 1.61. The molecule has 0 spiro atoms. The maximum Gasteiger partial charge on any atom is 0.247 e. The molecule has 27 heavy (non-hydrogen) atoms. The highest BCUT2D eigenvalue weighted by Gasteiger charge is 2.27. The zero-order chi connectivity index (χ0) is 19.4. The van der Waals surface area contributed by atoms with Crippen molar-refractivity contribution in [1.29, 1.82) is 0 Å². The molecule has 0 aliphatic carbocycles. The van der Waals surface area contributed by atoms with E-state index in [1.807, 2.05) is 31.2 Å². The summed E-state index contributed by atoms with van der Waals surface area (Å²) in [6.45, 7) is 2.97. The second-order valence-electron chi connectivity index (χ2n) is 6.46. The number of amides is 1. The van der Waals surface area contributed by atoms with Gasteiger partial charge in [0.25, 0.3) is 0 Å². The minimum Gasteiger partial charge on any atom is -0.348 e. The fourth-order valence-corrected chi connectivity index (χ4v) is 4.48. The van der Waals surface area contributed by atoms with E-state index in [9.17, 15) is 13.2 Å². The van der Waals surface area contributed by atoms with Crippen molar-refractivity contribution in [2.75, 3.05) is 13.1 Å². The van der Waals surface area contributed by atoms with Gasteiger partial charge in [0.15, 0.2) is 0 Å². The number of rotatable bonds is 5. The van der Waals surface area contributed by atoms with Gasteiger partial charge >= 0.3 is 0 Å². The number of carbonyl (C=O) groups excluding carboxylic acids is 1. The van der Waals surface area contributed by atoms with E-state index in [4.69, 9.17) is 0 Å². The average Bonchev–Trinajstić information content (AvgIpc) is 2.68. The molecule has 5 nitrogen and oxygen atoms in total. The van der Waals surface area contributed by atoms with Crippen molar-refractivity contribution < 1.29 is 13.2 Å². The molecule has 2 aromatic rings. The number of aryl methyl sites for hydroxylation is 1. The molecule has 0 unspecified atom stereocenters. The first-order valence-corrected chi connectivity index (χ1v) is 10.9. The zero-order valence-electron chi connectivity index (χ0n) is 15.0. The fourth-order valence-electron chi connectivity index (χ4n) is 2.83. The van der Waals surface area contributed by atoms with E-state index in [0.29, 0.717) is 25.1 Å². The monoisotopic (exact) mass is 448 g/mol. The average molecular weight is 449 g/mol. The number of nitrogens with one attached hydrogen (secondary N) is 1. The zero-order valence-corrected chi connectivity index (χ0v) is 17.4. The minimum absolute atomic E-state index is 0.142. The molecule has 1 aliphatic rings. The lowest BCUT2D eigenvalue weighted by molar-refractivity contribution is -0.117. The molecular formula is C20H21BrN2O3S. The highest BCUT2D eigenvalue weighted by Crippen LogP contribution is 2.22. The molecule has 1 N–H and O–H groups in total. The molecule has 2 aromatic carbocycles. The van der Waals surface area contributed by atoms with Crippen LogP contribution in [0.2, 0.25) is 0 Å². The van der Waals surface area contributed by atoms with Crippen LogP contribution in [0.15, 0.2) is 69.5 Å². The topological polar surface area (TPSA) is 66.5 Å². The predicted octanol–water partition coefficient (Wildman–Crippen LogP) is 3.39. The van der Waals surface area contributed by atoms with Crippen LogP contribution < -0.4 is 5.32 Å². The van der Waals surface area contributed by atoms with Gasteiger partial charge in [-0.25, -0.2) is 8.42 Å². The van der Waals surface area contributed by atoms with Crippen molar-refractivity contribution in [1.82, 2.24) is 9.62 Å². The molecule has 0 aromatic heterocycles. The van der Waals surface area contributed by atoms with E-state index >= 15 is 0 Å². The number of carbonyl (C=O) groups is 1. The van der Waals surface area contributed by atoms with Crippen molar-refractivity contribution in [2.45, 2.75) is 24.8 Å². The lowest BCUT2D eigenvalue weighted by Gasteiger charge is -2.25. The molecule has 0 bridgehead atoms. The largest absolute Gasteiger partial charge is 0.348 e. The van der Waals surface area contributed by atoms with Crippen LogP contribution in [-0.2, 0) is 21.4 Å². The lowest BCUT2D eigenvalue weighted by Crippen LogP contribution is -2.37. The van der Waals surface area contributed by atoms with Crippen LogP contribution in [0.4, 0.5) is 0 Å². The molecule has 1 heterocycles. The Morgan fingerprint density at radius 2 is 1.78 bits per heavy atom. The van der Waals surface area contributed by atoms with Gasteiger partial charge in [-0.15, -0.1) is 0 Å². The van der Waals surface area contributed by atoms with Gasteiger partial charge < -0.3 is 5.32 Å². The predicted molar refractivity (Wildman–Crippen MR) is 109 cm³/mol. The van der Waals surface area contributed by atoms with Gasteiger partial charge in [-0.3, -0.25) is 4.79 Å². The van der Waals surface area contributed by atoms with Crippen LogP contribution >= 0.6 is 15.9 Å². The third-order valence-corrected chi connectivity index (χ3v) is 6.90. The van der Waals surface area contributed by atoms with Crippen LogP contribution in [0.1, 0.15) is 17.5 Å². The highest BCUT2D eigenvalue weighted by molar-refractivity contribution is 9.10. The molecule has 0 radical (unpaired) electrons. The summed E-state index contributed by atoms with van der Waals surface area (Å²) in [7, 11) is -3.55. The van der Waals surface area contributed by atoms with E-state index < -0.39 is 10.0 Å². The molecule has 0 atom stereocenters. The minimum atomic E-state index is -3.55. The summed E-state index contributed by atoms with van der Waals surface area (Å²) in [5.74, 6) is -0.142. The maximum absolute atomic E-state index is 12.7. The SMILES string of the molecule is Cc1ccc(CNC(=O)C2=CCN(S(=O)(=O)c3ccc(Br)cc3)CC2)cc1. The van der Waals surface area contributed by atoms with Gasteiger partial charge in [0, 0.05) is 29.7 Å². The van der Waals surface area contributed by atoms with Crippen LogP contribution in [0.5, 0.6) is 0 Å². The quantitative estimate of drug-likeness (QED) is 0.761. The summed E-state index contributed by atoms with van der Waals surface area (Å²) < 4.78 is 27.6. The van der Waals surface area contributed by atoms with E-state index in [1.54, 1.807) is 30.3 Å². The summed E-state index contributed by atoms with van der Waals surface area (Å²) >= 11 is 3.30. The van der Waals surface area contributed by atoms with Crippen molar-refractivity contribution in [2.24, 2.45) is 0 Å². The molecule has 0 saturated heterocycles. The Kier molecular flexibility index (Phi) is 6.14. The lowest BCUT2D eigenvalue weighted by atomic mass is 10.1. The Morgan fingerprint density at radius 1 is 1.11 bits per heavy atom. The van der Waals surface area contributed by atoms with Crippen molar-refractivity contribution >= 4 is 31.9 Å². The molecule has 1 aliphatic heterocycles. The number of nitrogens with zero attached hydrogens (tertiary/aromatic N) is 1. The Bertz CT molecular complexity index is 952. The Labute approximate surface area is 168 Å². The first kappa shape index (κ1) is 19.8. The van der Waals surface area contributed by atoms with E-state index in [2.05, 4.69) is 21.2 Å². The molecule has 142 valence electrons. The van der Waals surface area contributed by atoms with Gasteiger partial charge in [0.2, 0.25) is 15.9 Å². The smallest absolute Gasteiger partial charge is 0.247 e. The normalized spacial score (nSPS) is 15.3. The van der Waals surface area contributed by atoms with Crippen LogP contribution in [0.3, 0.4) is 0 Å². The maximum atomic E-state index is 12.7. The third kappa shape index (κ3) is 4.86. The number of benzene rings is 2. The second kappa shape index (κ2) is 8.37. The van der Waals surface area contributed by atoms with E-state index in [1.165, 1.54) is 9.87 Å². The van der Waals surface area contributed by atoms with Crippen molar-refractivity contribution in [3.63, 3.8) is 0 Å². The van der Waals surface area contributed by atoms with Gasteiger partial charge in [-0.2, -0.15) is 4.31 Å². The molecule has 0 fully saturated rings. The van der Waals surface area contributed by atoms with E-state index in [0.717, 1.165) is 10.0 Å². The number of hydrogen-bond acceptors (Lipinski definition) is 3. The van der Waals surface area contributed by atoms with E-state index in [-0.39, 0.29) is 17.3 Å². The second-order valence-corrected chi connectivity index (χ2v) is 9.32. The summed E-state index contributed by atoms with van der Waals surface area (Å²) in [4.78, 5) is 12.6. The third-order valence-electron chi connectivity index (χ3n) is 4.49. The molecule has 0 saturated carbocycles. The van der Waals surface area contributed by atoms with Crippen LogP contribution in [0.25, 0.3) is 0 Å². The molecule has 1 amide bonds. The molecule has 3 rings (SSSR count). The van der Waals surface area contributed by atoms with Gasteiger partial charge in [0.05, 0.1) is 4.90 Å². The Hall–Kier alpha value is -1.96. The fraction of sp³-hybridized carbons (Fsp3) is 0.250. The summed E-state index contributed by atoms with van der Waals surface area (Å²) in [6, 6.07) is 14.5. The first-order valence-electron chi connectivity index (χ1n) is 8.65. The van der Waals surface area contributed by atoms with Crippen molar-refractivity contribution in [3.8, 4) is 0 Å². The number of hydrogen-bond donors (Lipinski definition) is 1. The van der Waals surface area contributed by atoms with Gasteiger partial charge in [0.1, 0.15) is 0 Å².